The van der Waals surface area contributed by atoms with Crippen molar-refractivity contribution in [3.05, 3.63) is 47.7 Å². The SMILES string of the molecule is CC1(c2noc(N3C=NC4c5ccccc5N5C(=CN(C#N)C5F)N43)n2)CC1. The van der Waals surface area contributed by atoms with E-state index in [2.05, 4.69) is 22.1 Å². The second kappa shape index (κ2) is 5.01. The Balaban J connectivity index is 1.46. The smallest absolute Gasteiger partial charge is 0.313 e. The number of aliphatic imine (C=N–C) groups is 1. The molecule has 0 bridgehead atoms. The third-order valence-electron chi connectivity index (χ3n) is 5.70. The Bertz CT molecular complexity index is 1080. The molecule has 140 valence electrons. The quantitative estimate of drug-likeness (QED) is 0.582. The normalized spacial score (nSPS) is 26.0. The predicted molar refractivity (Wildman–Crippen MR) is 95.8 cm³/mol. The number of hydrogen-bond donors (Lipinski definition) is 0. The van der Waals surface area contributed by atoms with Crippen molar-refractivity contribution in [3.63, 3.8) is 0 Å². The van der Waals surface area contributed by atoms with Gasteiger partial charge in [-0.05, 0) is 18.9 Å². The molecule has 2 aromatic rings. The number of fused-ring (bicyclic) bond motifs is 6. The number of aromatic nitrogens is 2. The molecule has 28 heavy (non-hydrogen) atoms. The summed E-state index contributed by atoms with van der Waals surface area (Å²) in [6.45, 7) is 2.10. The van der Waals surface area contributed by atoms with E-state index in [1.54, 1.807) is 16.4 Å². The minimum atomic E-state index is -1.63. The number of hydrazine groups is 1. The van der Waals surface area contributed by atoms with Gasteiger partial charge in [0.05, 0.1) is 11.9 Å². The Morgan fingerprint density at radius 2 is 2.14 bits per heavy atom. The summed E-state index contributed by atoms with van der Waals surface area (Å²) in [5, 5.41) is 16.8. The fraction of sp³-hybridized carbons (Fsp3) is 0.333. The summed E-state index contributed by atoms with van der Waals surface area (Å²) < 4.78 is 20.5. The van der Waals surface area contributed by atoms with Crippen LogP contribution in [0.2, 0.25) is 0 Å². The van der Waals surface area contributed by atoms with Crippen LogP contribution in [0.25, 0.3) is 0 Å². The molecule has 0 saturated heterocycles. The molecule has 3 aliphatic heterocycles. The van der Waals surface area contributed by atoms with Crippen LogP contribution >= 0.6 is 0 Å². The average Bonchev–Trinajstić information content (AvgIpc) is 3.11. The summed E-state index contributed by atoms with van der Waals surface area (Å²) >= 11 is 0. The zero-order valence-electron chi connectivity index (χ0n) is 14.9. The maximum Gasteiger partial charge on any atom is 0.348 e. The summed E-state index contributed by atoms with van der Waals surface area (Å²) in [5.41, 5.74) is 1.47. The van der Waals surface area contributed by atoms with Gasteiger partial charge < -0.3 is 4.52 Å². The highest BCUT2D eigenvalue weighted by Crippen LogP contribution is 2.49. The highest BCUT2D eigenvalue weighted by atomic mass is 19.1. The Morgan fingerprint density at radius 1 is 1.32 bits per heavy atom. The van der Waals surface area contributed by atoms with Crippen molar-refractivity contribution < 1.29 is 8.91 Å². The molecule has 2 atom stereocenters. The van der Waals surface area contributed by atoms with Gasteiger partial charge in [0.25, 0.3) is 6.42 Å². The number of nitrogens with zero attached hydrogens (tertiary/aromatic N) is 8. The molecule has 2 unspecified atom stereocenters. The van der Waals surface area contributed by atoms with Gasteiger partial charge >= 0.3 is 6.01 Å². The second-order valence-electron chi connectivity index (χ2n) is 7.52. The van der Waals surface area contributed by atoms with E-state index in [4.69, 9.17) is 4.52 Å². The van der Waals surface area contributed by atoms with E-state index in [0.29, 0.717) is 17.3 Å². The number of para-hydroxylation sites is 1. The number of hydrogen-bond acceptors (Lipinski definition) is 9. The lowest BCUT2D eigenvalue weighted by Gasteiger charge is -2.41. The fourth-order valence-corrected chi connectivity index (χ4v) is 3.81. The zero-order valence-corrected chi connectivity index (χ0v) is 14.9. The van der Waals surface area contributed by atoms with Crippen molar-refractivity contribution >= 4 is 18.0 Å². The molecule has 0 amide bonds. The molecule has 10 heteroatoms. The molecular formula is C18H15FN8O. The second-order valence-corrected chi connectivity index (χ2v) is 7.52. The summed E-state index contributed by atoms with van der Waals surface area (Å²) in [4.78, 5) is 11.6. The van der Waals surface area contributed by atoms with E-state index in [-0.39, 0.29) is 11.4 Å². The van der Waals surface area contributed by atoms with E-state index < -0.39 is 12.6 Å². The zero-order chi connectivity index (χ0) is 19.0. The number of alkyl halides is 1. The van der Waals surface area contributed by atoms with E-state index in [1.165, 1.54) is 11.1 Å². The first-order chi connectivity index (χ1) is 13.6. The molecule has 1 aliphatic carbocycles. The van der Waals surface area contributed by atoms with Gasteiger partial charge in [-0.25, -0.2) is 14.9 Å². The molecule has 1 aromatic heterocycles. The number of nitriles is 1. The van der Waals surface area contributed by atoms with Crippen LogP contribution in [0.15, 0.2) is 45.8 Å². The fourth-order valence-electron chi connectivity index (χ4n) is 3.81. The maximum atomic E-state index is 15.0. The highest BCUT2D eigenvalue weighted by Gasteiger charge is 2.50. The van der Waals surface area contributed by atoms with Gasteiger partial charge in [-0.2, -0.15) is 19.6 Å². The lowest BCUT2D eigenvalue weighted by molar-refractivity contribution is 0.190. The highest BCUT2D eigenvalue weighted by molar-refractivity contribution is 5.79. The molecule has 4 aliphatic rings. The number of benzene rings is 1. The van der Waals surface area contributed by atoms with E-state index >= 15 is 0 Å². The first-order valence-corrected chi connectivity index (χ1v) is 8.99. The maximum absolute atomic E-state index is 15.0. The first-order valence-electron chi connectivity index (χ1n) is 8.99. The summed E-state index contributed by atoms with van der Waals surface area (Å²) in [5.74, 6) is 1.14. The summed E-state index contributed by atoms with van der Waals surface area (Å²) in [7, 11) is 0. The van der Waals surface area contributed by atoms with Crippen LogP contribution < -0.4 is 9.91 Å². The molecule has 1 fully saturated rings. The van der Waals surface area contributed by atoms with Gasteiger partial charge in [-0.15, -0.1) is 0 Å². The molecule has 4 heterocycles. The van der Waals surface area contributed by atoms with E-state index in [9.17, 15) is 9.65 Å². The van der Waals surface area contributed by atoms with Gasteiger partial charge in [-0.3, -0.25) is 4.90 Å². The van der Waals surface area contributed by atoms with Crippen molar-refractivity contribution in [2.75, 3.05) is 9.91 Å². The molecular weight excluding hydrogens is 363 g/mol. The van der Waals surface area contributed by atoms with Crippen LogP contribution in [0.4, 0.5) is 16.1 Å². The van der Waals surface area contributed by atoms with Crippen LogP contribution in [0.3, 0.4) is 0 Å². The van der Waals surface area contributed by atoms with Gasteiger partial charge in [0.15, 0.2) is 24.0 Å². The van der Waals surface area contributed by atoms with Crippen molar-refractivity contribution in [1.82, 2.24) is 20.0 Å². The molecule has 6 rings (SSSR count). The monoisotopic (exact) mass is 378 g/mol. The average molecular weight is 378 g/mol. The van der Waals surface area contributed by atoms with Crippen molar-refractivity contribution in [2.45, 2.75) is 37.8 Å². The Labute approximate surface area is 159 Å². The van der Waals surface area contributed by atoms with Crippen LogP contribution in [0.1, 0.15) is 37.3 Å². The largest absolute Gasteiger partial charge is 0.348 e. The Morgan fingerprint density at radius 3 is 2.93 bits per heavy atom. The standard InChI is InChI=1S/C18H15FN8O/c1-18(6-7-18)15-22-17(28-23-15)25-10-21-14-11-4-2-3-5-12(11)26-13(27(14)25)8-24(9-20)16(26)19/h2-5,8,10,14,16H,6-7H2,1H3. The van der Waals surface area contributed by atoms with Crippen molar-refractivity contribution in [1.29, 1.82) is 5.26 Å². The number of halogens is 1. The Kier molecular flexibility index (Phi) is 2.76. The lowest BCUT2D eigenvalue weighted by Crippen LogP contribution is -2.48. The third kappa shape index (κ3) is 1.85. The minimum absolute atomic E-state index is 0.0349. The molecule has 1 aromatic carbocycles. The van der Waals surface area contributed by atoms with Crippen molar-refractivity contribution in [2.24, 2.45) is 4.99 Å². The van der Waals surface area contributed by atoms with Crippen LogP contribution in [0, 0.1) is 11.5 Å². The predicted octanol–water partition coefficient (Wildman–Crippen LogP) is 2.55. The van der Waals surface area contributed by atoms with Gasteiger partial charge in [-0.1, -0.05) is 30.3 Å². The number of rotatable bonds is 2. The van der Waals surface area contributed by atoms with Gasteiger partial charge in [0.1, 0.15) is 6.34 Å². The molecule has 0 N–H and O–H groups in total. The van der Waals surface area contributed by atoms with Crippen LogP contribution in [-0.4, -0.2) is 32.8 Å². The Hall–Kier alpha value is -3.61. The minimum Gasteiger partial charge on any atom is -0.313 e. The molecule has 1 saturated carbocycles. The summed E-state index contributed by atoms with van der Waals surface area (Å²) in [6, 6.07) is 7.71. The third-order valence-corrected chi connectivity index (χ3v) is 5.70. The molecule has 0 radical (unpaired) electrons. The summed E-state index contributed by atoms with van der Waals surface area (Å²) in [6.07, 6.45) is 4.95. The molecule has 9 nitrogen and oxygen atoms in total. The lowest BCUT2D eigenvalue weighted by atomic mass is 10.1. The van der Waals surface area contributed by atoms with E-state index in [0.717, 1.165) is 23.3 Å². The number of anilines is 2. The van der Waals surface area contributed by atoms with Crippen molar-refractivity contribution in [3.8, 4) is 6.19 Å². The van der Waals surface area contributed by atoms with E-state index in [1.807, 2.05) is 30.5 Å². The van der Waals surface area contributed by atoms with Gasteiger partial charge in [0.2, 0.25) is 0 Å². The van der Waals surface area contributed by atoms with Crippen LogP contribution in [-0.2, 0) is 5.41 Å². The van der Waals surface area contributed by atoms with Gasteiger partial charge in [0, 0.05) is 11.0 Å². The first kappa shape index (κ1) is 15.4. The topological polar surface area (TPSA) is 88.0 Å². The van der Waals surface area contributed by atoms with Crippen LogP contribution in [0.5, 0.6) is 0 Å². The molecule has 0 spiro atoms.